The predicted octanol–water partition coefficient (Wildman–Crippen LogP) is 1.81. The topological polar surface area (TPSA) is 107 Å². The van der Waals surface area contributed by atoms with Gasteiger partial charge in [-0.1, -0.05) is 6.07 Å². The lowest BCUT2D eigenvalue weighted by Gasteiger charge is -2.17. The van der Waals surface area contributed by atoms with Crippen molar-refractivity contribution in [3.05, 3.63) is 58.8 Å². The third-order valence-electron chi connectivity index (χ3n) is 5.46. The van der Waals surface area contributed by atoms with Gasteiger partial charge in [-0.3, -0.25) is 19.3 Å². The molecule has 9 heteroatoms. The third kappa shape index (κ3) is 4.63. The van der Waals surface area contributed by atoms with Crippen LogP contribution in [0.5, 0.6) is 5.88 Å². The number of ether oxygens (including phenoxy) is 3. The molecule has 32 heavy (non-hydrogen) atoms. The summed E-state index contributed by atoms with van der Waals surface area (Å²) >= 11 is 0. The van der Waals surface area contributed by atoms with E-state index in [1.165, 1.54) is 17.0 Å². The van der Waals surface area contributed by atoms with Crippen molar-refractivity contribution in [2.45, 2.75) is 25.5 Å². The summed E-state index contributed by atoms with van der Waals surface area (Å²) in [5.74, 6) is -0.682. The third-order valence-corrected chi connectivity index (χ3v) is 5.46. The van der Waals surface area contributed by atoms with Gasteiger partial charge in [0.2, 0.25) is 5.88 Å². The number of fused-ring (bicyclic) bond motifs is 1. The highest BCUT2D eigenvalue weighted by atomic mass is 16.5. The Bertz CT molecular complexity index is 1020. The summed E-state index contributed by atoms with van der Waals surface area (Å²) in [4.78, 5) is 43.6. The average Bonchev–Trinajstić information content (AvgIpc) is 3.41. The van der Waals surface area contributed by atoms with E-state index in [2.05, 4.69) is 10.3 Å². The molecule has 3 amide bonds. The Kier molecular flexibility index (Phi) is 6.77. The maximum atomic E-state index is 12.8. The molecule has 0 radical (unpaired) electrons. The first-order valence-electron chi connectivity index (χ1n) is 10.5. The van der Waals surface area contributed by atoms with Crippen molar-refractivity contribution in [2.24, 2.45) is 0 Å². The van der Waals surface area contributed by atoms with Crippen LogP contribution >= 0.6 is 0 Å². The highest BCUT2D eigenvalue weighted by molar-refractivity contribution is 6.22. The van der Waals surface area contributed by atoms with Crippen LogP contribution in [0.1, 0.15) is 49.5 Å². The molecule has 1 saturated heterocycles. The molecule has 1 fully saturated rings. The second kappa shape index (κ2) is 9.88. The minimum absolute atomic E-state index is 0.125. The van der Waals surface area contributed by atoms with Gasteiger partial charge in [0.15, 0.2) is 0 Å². The van der Waals surface area contributed by atoms with Gasteiger partial charge in [-0.2, -0.15) is 0 Å². The molecule has 1 atom stereocenters. The van der Waals surface area contributed by atoms with Crippen molar-refractivity contribution in [3.8, 4) is 5.88 Å². The number of nitrogens with one attached hydrogen (secondary N) is 1. The fourth-order valence-corrected chi connectivity index (χ4v) is 3.78. The number of aromatic nitrogens is 1. The first-order chi connectivity index (χ1) is 15.6. The molecule has 1 aromatic carbocycles. The monoisotopic (exact) mass is 439 g/mol. The number of hydrogen-bond donors (Lipinski definition) is 1. The molecule has 3 heterocycles. The van der Waals surface area contributed by atoms with Crippen LogP contribution in [0, 0.1) is 0 Å². The predicted molar refractivity (Wildman–Crippen MR) is 114 cm³/mol. The summed E-state index contributed by atoms with van der Waals surface area (Å²) in [6.07, 6.45) is 3.24. The number of nitrogens with zero attached hydrogens (tertiary/aromatic N) is 2. The van der Waals surface area contributed by atoms with Gasteiger partial charge in [0, 0.05) is 37.6 Å². The Hall–Kier alpha value is -3.30. The Morgan fingerprint density at radius 2 is 2.06 bits per heavy atom. The number of benzene rings is 1. The lowest BCUT2D eigenvalue weighted by atomic mass is 10.1. The summed E-state index contributed by atoms with van der Waals surface area (Å²) in [5.41, 5.74) is 1.57. The van der Waals surface area contributed by atoms with Crippen molar-refractivity contribution >= 4 is 17.7 Å². The van der Waals surface area contributed by atoms with Crippen LogP contribution in [0.25, 0.3) is 0 Å². The molecule has 2 aliphatic rings. The zero-order valence-corrected chi connectivity index (χ0v) is 17.8. The highest BCUT2D eigenvalue weighted by Gasteiger charge is 2.37. The molecule has 0 bridgehead atoms. The van der Waals surface area contributed by atoms with Gasteiger partial charge in [0.05, 0.1) is 30.4 Å². The number of imide groups is 1. The van der Waals surface area contributed by atoms with Crippen LogP contribution in [-0.4, -0.2) is 67.2 Å². The molecule has 0 saturated carbocycles. The van der Waals surface area contributed by atoms with E-state index >= 15 is 0 Å². The van der Waals surface area contributed by atoms with E-state index in [1.54, 1.807) is 25.4 Å². The smallest absolute Gasteiger partial charge is 0.261 e. The summed E-state index contributed by atoms with van der Waals surface area (Å²) in [6, 6.07) is 8.12. The number of pyridine rings is 1. The largest absolute Gasteiger partial charge is 0.475 e. The Labute approximate surface area is 185 Å². The minimum atomic E-state index is -0.392. The molecule has 168 valence electrons. The van der Waals surface area contributed by atoms with Gasteiger partial charge < -0.3 is 19.5 Å². The zero-order valence-electron chi connectivity index (χ0n) is 17.8. The Balaban J connectivity index is 1.42. The van der Waals surface area contributed by atoms with E-state index in [1.807, 2.05) is 6.07 Å². The Morgan fingerprint density at radius 3 is 2.84 bits per heavy atom. The van der Waals surface area contributed by atoms with Crippen LogP contribution in [0.15, 0.2) is 36.5 Å². The Morgan fingerprint density at radius 1 is 1.22 bits per heavy atom. The molecule has 1 unspecified atom stereocenters. The quantitative estimate of drug-likeness (QED) is 0.469. The lowest BCUT2D eigenvalue weighted by molar-refractivity contribution is 0.0475. The number of carbonyl (C=O) groups excluding carboxylic acids is 3. The molecule has 1 aromatic heterocycles. The van der Waals surface area contributed by atoms with Crippen LogP contribution in [0.4, 0.5) is 0 Å². The number of methoxy groups -OCH3 is 1. The van der Waals surface area contributed by atoms with E-state index < -0.39 is 5.91 Å². The average molecular weight is 439 g/mol. The van der Waals surface area contributed by atoms with Crippen molar-refractivity contribution in [2.75, 3.05) is 33.5 Å². The number of carbonyl (C=O) groups is 3. The summed E-state index contributed by atoms with van der Waals surface area (Å²) in [7, 11) is 1.58. The first kappa shape index (κ1) is 21.9. The SMILES string of the molecule is COCCOc1ncccc1CNC(=O)c1ccc2c(c1)C(=O)N(CC1CCCO1)C2=O. The zero-order chi connectivity index (χ0) is 22.5. The van der Waals surface area contributed by atoms with E-state index in [-0.39, 0.29) is 36.6 Å². The maximum Gasteiger partial charge on any atom is 0.261 e. The van der Waals surface area contributed by atoms with Crippen LogP contribution in [-0.2, 0) is 16.0 Å². The molecule has 9 nitrogen and oxygen atoms in total. The molecule has 0 spiro atoms. The number of amides is 3. The van der Waals surface area contributed by atoms with Crippen LogP contribution in [0.2, 0.25) is 0 Å². The fraction of sp³-hybridized carbons (Fsp3) is 0.391. The minimum Gasteiger partial charge on any atom is -0.475 e. The van der Waals surface area contributed by atoms with E-state index in [0.717, 1.165) is 12.8 Å². The molecule has 2 aliphatic heterocycles. The van der Waals surface area contributed by atoms with E-state index in [4.69, 9.17) is 14.2 Å². The van der Waals surface area contributed by atoms with Crippen molar-refractivity contribution in [1.82, 2.24) is 15.2 Å². The first-order valence-corrected chi connectivity index (χ1v) is 10.5. The van der Waals surface area contributed by atoms with Crippen molar-refractivity contribution in [1.29, 1.82) is 0 Å². The second-order valence-corrected chi connectivity index (χ2v) is 7.61. The van der Waals surface area contributed by atoms with E-state index in [9.17, 15) is 14.4 Å². The van der Waals surface area contributed by atoms with Crippen LogP contribution < -0.4 is 10.1 Å². The van der Waals surface area contributed by atoms with Gasteiger partial charge in [-0.15, -0.1) is 0 Å². The van der Waals surface area contributed by atoms with Gasteiger partial charge >= 0.3 is 0 Å². The van der Waals surface area contributed by atoms with E-state index in [0.29, 0.717) is 42.4 Å². The summed E-state index contributed by atoms with van der Waals surface area (Å²) in [5, 5.41) is 2.81. The normalized spacial score (nSPS) is 17.5. The number of hydrogen-bond acceptors (Lipinski definition) is 7. The summed E-state index contributed by atoms with van der Waals surface area (Å²) < 4.78 is 16.1. The molecular weight excluding hydrogens is 414 g/mol. The second-order valence-electron chi connectivity index (χ2n) is 7.61. The number of rotatable bonds is 9. The van der Waals surface area contributed by atoms with Crippen molar-refractivity contribution < 1.29 is 28.6 Å². The molecule has 1 N–H and O–H groups in total. The van der Waals surface area contributed by atoms with Gasteiger partial charge in [-0.05, 0) is 37.1 Å². The molecule has 2 aromatic rings. The van der Waals surface area contributed by atoms with Gasteiger partial charge in [-0.25, -0.2) is 4.98 Å². The van der Waals surface area contributed by atoms with Crippen molar-refractivity contribution in [3.63, 3.8) is 0 Å². The van der Waals surface area contributed by atoms with Gasteiger partial charge in [0.25, 0.3) is 17.7 Å². The van der Waals surface area contributed by atoms with Crippen LogP contribution in [0.3, 0.4) is 0 Å². The molecular formula is C23H25N3O6. The van der Waals surface area contributed by atoms with Gasteiger partial charge in [0.1, 0.15) is 6.61 Å². The maximum absolute atomic E-state index is 12.8. The fourth-order valence-electron chi connectivity index (χ4n) is 3.78. The lowest BCUT2D eigenvalue weighted by Crippen LogP contribution is -2.36. The molecule has 0 aliphatic carbocycles. The highest BCUT2D eigenvalue weighted by Crippen LogP contribution is 2.26. The molecule has 4 rings (SSSR count). The summed E-state index contributed by atoms with van der Waals surface area (Å²) in [6.45, 7) is 1.85. The standard InChI is InChI=1S/C23H25N3O6/c1-30-10-11-32-21-16(4-2-8-24-21)13-25-20(27)15-6-7-18-19(12-15)23(29)26(22(18)28)14-17-5-3-9-31-17/h2,4,6-8,12,17H,3,5,9-11,13-14H2,1H3,(H,25,27).